The molecule has 0 aliphatic carbocycles. The van der Waals surface area contributed by atoms with Gasteiger partial charge in [0.15, 0.2) is 0 Å². The Balaban J connectivity index is 3.08. The zero-order valence-corrected chi connectivity index (χ0v) is 9.83. The summed E-state index contributed by atoms with van der Waals surface area (Å²) in [6, 6.07) is 8.14. The predicted molar refractivity (Wildman–Crippen MR) is 62.2 cm³/mol. The Bertz CT molecular complexity index is 399. The van der Waals surface area contributed by atoms with Crippen LogP contribution >= 0.6 is 0 Å². The zero-order chi connectivity index (χ0) is 11.6. The standard InChI is InChI=1S/C13H18N2/c1-9-5-6-11(7-10(9)2)12(15)13(3,4)8-14/h5-7,12H,15H2,1-4H3. The van der Waals surface area contributed by atoms with Gasteiger partial charge in [-0.05, 0) is 44.4 Å². The molecule has 1 aromatic carbocycles. The first-order chi connectivity index (χ1) is 6.88. The molecule has 0 bridgehead atoms. The van der Waals surface area contributed by atoms with Crippen molar-refractivity contribution in [3.05, 3.63) is 34.9 Å². The molecule has 1 unspecified atom stereocenters. The molecule has 0 saturated heterocycles. The summed E-state index contributed by atoms with van der Waals surface area (Å²) >= 11 is 0. The number of hydrogen-bond acceptors (Lipinski definition) is 2. The van der Waals surface area contributed by atoms with Gasteiger partial charge in [-0.3, -0.25) is 0 Å². The van der Waals surface area contributed by atoms with Gasteiger partial charge in [-0.25, -0.2) is 0 Å². The van der Waals surface area contributed by atoms with Crippen LogP contribution in [0.1, 0.15) is 36.6 Å². The highest BCUT2D eigenvalue weighted by atomic mass is 14.7. The van der Waals surface area contributed by atoms with Crippen molar-refractivity contribution in [2.24, 2.45) is 11.1 Å². The van der Waals surface area contributed by atoms with Crippen LogP contribution in [0.3, 0.4) is 0 Å². The fourth-order valence-corrected chi connectivity index (χ4v) is 1.44. The van der Waals surface area contributed by atoms with E-state index in [2.05, 4.69) is 32.0 Å². The topological polar surface area (TPSA) is 49.8 Å². The van der Waals surface area contributed by atoms with Crippen molar-refractivity contribution in [2.45, 2.75) is 33.7 Å². The number of hydrogen-bond donors (Lipinski definition) is 1. The molecule has 0 amide bonds. The number of benzene rings is 1. The van der Waals surface area contributed by atoms with E-state index in [-0.39, 0.29) is 6.04 Å². The number of nitriles is 1. The molecular weight excluding hydrogens is 184 g/mol. The summed E-state index contributed by atoms with van der Waals surface area (Å²) in [4.78, 5) is 0. The third kappa shape index (κ3) is 2.37. The number of nitrogens with zero attached hydrogens (tertiary/aromatic N) is 1. The van der Waals surface area contributed by atoms with Gasteiger partial charge in [0.2, 0.25) is 0 Å². The van der Waals surface area contributed by atoms with E-state index in [4.69, 9.17) is 11.0 Å². The Morgan fingerprint density at radius 3 is 2.33 bits per heavy atom. The molecule has 2 nitrogen and oxygen atoms in total. The second kappa shape index (κ2) is 4.04. The van der Waals surface area contributed by atoms with Crippen LogP contribution in [0.5, 0.6) is 0 Å². The molecule has 0 saturated carbocycles. The monoisotopic (exact) mass is 202 g/mol. The van der Waals surface area contributed by atoms with Gasteiger partial charge in [-0.1, -0.05) is 18.2 Å². The highest BCUT2D eigenvalue weighted by molar-refractivity contribution is 5.33. The Morgan fingerprint density at radius 1 is 1.27 bits per heavy atom. The minimum atomic E-state index is -0.526. The van der Waals surface area contributed by atoms with Gasteiger partial charge in [-0.15, -0.1) is 0 Å². The summed E-state index contributed by atoms with van der Waals surface area (Å²) in [6.45, 7) is 7.87. The molecule has 15 heavy (non-hydrogen) atoms. The molecule has 2 N–H and O–H groups in total. The summed E-state index contributed by atoms with van der Waals surface area (Å²) in [5, 5.41) is 9.02. The van der Waals surface area contributed by atoms with E-state index in [1.165, 1.54) is 11.1 Å². The van der Waals surface area contributed by atoms with E-state index in [0.717, 1.165) is 5.56 Å². The average Bonchev–Trinajstić information content (AvgIpc) is 2.21. The van der Waals surface area contributed by atoms with E-state index in [0.29, 0.717) is 0 Å². The van der Waals surface area contributed by atoms with Crippen molar-refractivity contribution in [2.75, 3.05) is 0 Å². The third-order valence-corrected chi connectivity index (χ3v) is 2.96. The third-order valence-electron chi connectivity index (χ3n) is 2.96. The summed E-state index contributed by atoms with van der Waals surface area (Å²) in [7, 11) is 0. The maximum absolute atomic E-state index is 9.02. The fourth-order valence-electron chi connectivity index (χ4n) is 1.44. The molecule has 0 aromatic heterocycles. The molecule has 1 rings (SSSR count). The lowest BCUT2D eigenvalue weighted by atomic mass is 9.82. The number of rotatable bonds is 2. The van der Waals surface area contributed by atoms with Crippen molar-refractivity contribution < 1.29 is 0 Å². The summed E-state index contributed by atoms with van der Waals surface area (Å²) in [5.74, 6) is 0. The van der Waals surface area contributed by atoms with Crippen molar-refractivity contribution in [1.29, 1.82) is 5.26 Å². The van der Waals surface area contributed by atoms with Crippen LogP contribution in [-0.2, 0) is 0 Å². The zero-order valence-electron chi connectivity index (χ0n) is 9.83. The lowest BCUT2D eigenvalue weighted by molar-refractivity contribution is 0.393. The SMILES string of the molecule is Cc1ccc(C(N)C(C)(C)C#N)cc1C. The highest BCUT2D eigenvalue weighted by Crippen LogP contribution is 2.31. The summed E-state index contributed by atoms with van der Waals surface area (Å²) < 4.78 is 0. The molecule has 0 aliphatic rings. The molecule has 0 heterocycles. The van der Waals surface area contributed by atoms with E-state index in [1.54, 1.807) is 0 Å². The van der Waals surface area contributed by atoms with Crippen LogP contribution in [0.15, 0.2) is 18.2 Å². The van der Waals surface area contributed by atoms with Gasteiger partial charge < -0.3 is 5.73 Å². The number of aryl methyl sites for hydroxylation is 2. The van der Waals surface area contributed by atoms with Gasteiger partial charge in [-0.2, -0.15) is 5.26 Å². The van der Waals surface area contributed by atoms with E-state index < -0.39 is 5.41 Å². The van der Waals surface area contributed by atoms with E-state index in [9.17, 15) is 0 Å². The highest BCUT2D eigenvalue weighted by Gasteiger charge is 2.27. The van der Waals surface area contributed by atoms with Crippen molar-refractivity contribution in [3.63, 3.8) is 0 Å². The van der Waals surface area contributed by atoms with Gasteiger partial charge in [0.05, 0.1) is 11.5 Å². The lowest BCUT2D eigenvalue weighted by Crippen LogP contribution is -2.27. The van der Waals surface area contributed by atoms with Crippen molar-refractivity contribution in [3.8, 4) is 6.07 Å². The van der Waals surface area contributed by atoms with Crippen LogP contribution in [-0.4, -0.2) is 0 Å². The second-order valence-corrected chi connectivity index (χ2v) is 4.65. The predicted octanol–water partition coefficient (Wildman–Crippen LogP) is 2.85. The molecule has 2 heteroatoms. The molecule has 0 fully saturated rings. The van der Waals surface area contributed by atoms with Crippen LogP contribution in [0.4, 0.5) is 0 Å². The minimum Gasteiger partial charge on any atom is -0.323 e. The number of nitrogens with two attached hydrogens (primary N) is 1. The Morgan fingerprint density at radius 2 is 1.87 bits per heavy atom. The van der Waals surface area contributed by atoms with E-state index in [1.807, 2.05) is 19.9 Å². The first-order valence-electron chi connectivity index (χ1n) is 5.12. The molecular formula is C13H18N2. The average molecular weight is 202 g/mol. The van der Waals surface area contributed by atoms with Gasteiger partial charge in [0.25, 0.3) is 0 Å². The van der Waals surface area contributed by atoms with Gasteiger partial charge >= 0.3 is 0 Å². The largest absolute Gasteiger partial charge is 0.323 e. The van der Waals surface area contributed by atoms with Crippen molar-refractivity contribution in [1.82, 2.24) is 0 Å². The first-order valence-corrected chi connectivity index (χ1v) is 5.12. The van der Waals surface area contributed by atoms with Crippen LogP contribution in [0.25, 0.3) is 0 Å². The van der Waals surface area contributed by atoms with Gasteiger partial charge in [0, 0.05) is 6.04 Å². The van der Waals surface area contributed by atoms with Crippen LogP contribution in [0, 0.1) is 30.6 Å². The van der Waals surface area contributed by atoms with Crippen molar-refractivity contribution >= 4 is 0 Å². The smallest absolute Gasteiger partial charge is 0.0710 e. The summed E-state index contributed by atoms with van der Waals surface area (Å²) in [6.07, 6.45) is 0. The Kier molecular flexibility index (Phi) is 3.16. The maximum atomic E-state index is 9.02. The Hall–Kier alpha value is -1.33. The maximum Gasteiger partial charge on any atom is 0.0710 e. The fraction of sp³-hybridized carbons (Fsp3) is 0.462. The second-order valence-electron chi connectivity index (χ2n) is 4.65. The lowest BCUT2D eigenvalue weighted by Gasteiger charge is -2.25. The van der Waals surface area contributed by atoms with Crippen LogP contribution < -0.4 is 5.73 Å². The quantitative estimate of drug-likeness (QED) is 0.801. The normalized spacial score (nSPS) is 13.3. The van der Waals surface area contributed by atoms with Crippen LogP contribution in [0.2, 0.25) is 0 Å². The molecule has 1 atom stereocenters. The molecule has 0 radical (unpaired) electrons. The van der Waals surface area contributed by atoms with Gasteiger partial charge in [0.1, 0.15) is 0 Å². The molecule has 0 spiro atoms. The Labute approximate surface area is 91.7 Å². The van der Waals surface area contributed by atoms with E-state index >= 15 is 0 Å². The summed E-state index contributed by atoms with van der Waals surface area (Å²) in [5.41, 5.74) is 9.06. The molecule has 1 aromatic rings. The molecule has 0 aliphatic heterocycles. The first kappa shape index (κ1) is 11.7. The minimum absolute atomic E-state index is 0.234. The molecule has 80 valence electrons.